The summed E-state index contributed by atoms with van der Waals surface area (Å²) >= 11 is 0. The van der Waals surface area contributed by atoms with Crippen LogP contribution in [0.25, 0.3) is 12.2 Å². The summed E-state index contributed by atoms with van der Waals surface area (Å²) in [6.07, 6.45) is 4.34. The molecule has 3 rings (SSSR count). The maximum Gasteiger partial charge on any atom is 0.232 e. The van der Waals surface area contributed by atoms with Gasteiger partial charge in [0.1, 0.15) is 17.6 Å². The fraction of sp³-hybridized carbons (Fsp3) is 0.182. The lowest BCUT2D eigenvalue weighted by molar-refractivity contribution is 0.414. The predicted molar refractivity (Wildman–Crippen MR) is 108 cm³/mol. The van der Waals surface area contributed by atoms with Gasteiger partial charge in [-0.25, -0.2) is 0 Å². The Morgan fingerprint density at radius 1 is 1.07 bits per heavy atom. The number of methoxy groups -OCH3 is 2. The van der Waals surface area contributed by atoms with Crippen molar-refractivity contribution in [3.63, 3.8) is 0 Å². The van der Waals surface area contributed by atoms with Gasteiger partial charge in [-0.2, -0.15) is 10.2 Å². The SMILES string of the molecule is COc1ccc(CCNc2oc(/C=C/c3ccccc3OC)nc2C#N)cc1. The number of hydrogen-bond acceptors (Lipinski definition) is 6. The highest BCUT2D eigenvalue weighted by Crippen LogP contribution is 2.22. The largest absolute Gasteiger partial charge is 0.497 e. The van der Waals surface area contributed by atoms with Crippen LogP contribution < -0.4 is 14.8 Å². The van der Waals surface area contributed by atoms with Crippen molar-refractivity contribution in [2.24, 2.45) is 0 Å². The van der Waals surface area contributed by atoms with E-state index in [1.165, 1.54) is 0 Å². The van der Waals surface area contributed by atoms with Crippen LogP contribution in [0.15, 0.2) is 52.9 Å². The summed E-state index contributed by atoms with van der Waals surface area (Å²) in [5.41, 5.74) is 2.28. The van der Waals surface area contributed by atoms with Crippen LogP contribution in [0.1, 0.15) is 22.7 Å². The third kappa shape index (κ3) is 4.71. The summed E-state index contributed by atoms with van der Waals surface area (Å²) in [5.74, 6) is 2.30. The maximum atomic E-state index is 9.30. The van der Waals surface area contributed by atoms with Gasteiger partial charge in [0.05, 0.1) is 14.2 Å². The number of aromatic nitrogens is 1. The molecule has 1 N–H and O–H groups in total. The number of anilines is 1. The number of nitrogens with zero attached hydrogens (tertiary/aromatic N) is 2. The van der Waals surface area contributed by atoms with E-state index in [0.717, 1.165) is 29.0 Å². The molecule has 1 heterocycles. The Balaban J connectivity index is 1.65. The van der Waals surface area contributed by atoms with Crippen molar-refractivity contribution in [2.45, 2.75) is 6.42 Å². The maximum absolute atomic E-state index is 9.30. The monoisotopic (exact) mass is 375 g/mol. The molecule has 6 nitrogen and oxygen atoms in total. The lowest BCUT2D eigenvalue weighted by Crippen LogP contribution is -2.05. The molecule has 0 aliphatic carbocycles. The molecule has 0 saturated heterocycles. The molecule has 0 atom stereocenters. The minimum atomic E-state index is 0.231. The van der Waals surface area contributed by atoms with Gasteiger partial charge in [-0.15, -0.1) is 0 Å². The molecule has 0 bridgehead atoms. The zero-order valence-corrected chi connectivity index (χ0v) is 15.8. The first-order valence-electron chi connectivity index (χ1n) is 8.82. The van der Waals surface area contributed by atoms with Crippen LogP contribution in [0.4, 0.5) is 5.88 Å². The number of benzene rings is 2. The zero-order valence-electron chi connectivity index (χ0n) is 15.8. The molecular formula is C22H21N3O3. The van der Waals surface area contributed by atoms with E-state index >= 15 is 0 Å². The smallest absolute Gasteiger partial charge is 0.232 e. The average molecular weight is 375 g/mol. The highest BCUT2D eigenvalue weighted by Gasteiger charge is 2.11. The molecule has 2 aromatic carbocycles. The van der Waals surface area contributed by atoms with E-state index in [1.54, 1.807) is 20.3 Å². The van der Waals surface area contributed by atoms with Gasteiger partial charge < -0.3 is 19.2 Å². The molecule has 0 spiro atoms. The third-order valence-electron chi connectivity index (χ3n) is 4.15. The molecule has 0 saturated carbocycles. The van der Waals surface area contributed by atoms with Gasteiger partial charge >= 0.3 is 0 Å². The van der Waals surface area contributed by atoms with E-state index in [4.69, 9.17) is 13.9 Å². The van der Waals surface area contributed by atoms with Crippen LogP contribution in [0.2, 0.25) is 0 Å². The number of nitriles is 1. The number of oxazole rings is 1. The van der Waals surface area contributed by atoms with Gasteiger partial charge in [0.15, 0.2) is 0 Å². The quantitative estimate of drug-likeness (QED) is 0.629. The molecule has 0 unspecified atom stereocenters. The molecule has 0 radical (unpaired) electrons. The van der Waals surface area contributed by atoms with Crippen molar-refractivity contribution in [2.75, 3.05) is 26.1 Å². The van der Waals surface area contributed by atoms with Crippen molar-refractivity contribution in [1.29, 1.82) is 5.26 Å². The molecule has 142 valence electrons. The molecule has 0 aliphatic rings. The predicted octanol–water partition coefficient (Wildman–Crippen LogP) is 4.39. The number of para-hydroxylation sites is 1. The highest BCUT2D eigenvalue weighted by molar-refractivity contribution is 5.70. The topological polar surface area (TPSA) is 80.3 Å². The summed E-state index contributed by atoms with van der Waals surface area (Å²) in [5, 5.41) is 12.4. The van der Waals surface area contributed by atoms with Crippen molar-refractivity contribution >= 4 is 18.0 Å². The van der Waals surface area contributed by atoms with Gasteiger partial charge in [0.2, 0.25) is 17.5 Å². The van der Waals surface area contributed by atoms with Gasteiger partial charge in [0.25, 0.3) is 0 Å². The summed E-state index contributed by atoms with van der Waals surface area (Å²) in [6, 6.07) is 17.5. The number of nitrogens with one attached hydrogen (secondary N) is 1. The van der Waals surface area contributed by atoms with E-state index in [-0.39, 0.29) is 5.69 Å². The molecule has 6 heteroatoms. The van der Waals surface area contributed by atoms with Gasteiger partial charge in [-0.1, -0.05) is 30.3 Å². The van der Waals surface area contributed by atoms with Gasteiger partial charge in [0, 0.05) is 18.2 Å². The Morgan fingerprint density at radius 2 is 1.86 bits per heavy atom. The van der Waals surface area contributed by atoms with Gasteiger partial charge in [-0.05, 0) is 36.3 Å². The summed E-state index contributed by atoms with van der Waals surface area (Å²) in [6.45, 7) is 0.617. The normalized spacial score (nSPS) is 10.6. The lowest BCUT2D eigenvalue weighted by Gasteiger charge is -2.04. The highest BCUT2D eigenvalue weighted by atomic mass is 16.5. The number of hydrogen-bond donors (Lipinski definition) is 1. The van der Waals surface area contributed by atoms with E-state index in [9.17, 15) is 5.26 Å². The first-order chi connectivity index (χ1) is 13.7. The Labute approximate surface area is 164 Å². The van der Waals surface area contributed by atoms with Crippen molar-refractivity contribution in [3.8, 4) is 17.6 Å². The minimum Gasteiger partial charge on any atom is -0.497 e. The Morgan fingerprint density at radius 3 is 2.57 bits per heavy atom. The van der Waals surface area contributed by atoms with Crippen molar-refractivity contribution < 1.29 is 13.9 Å². The second-order valence-electron chi connectivity index (χ2n) is 5.94. The fourth-order valence-corrected chi connectivity index (χ4v) is 2.68. The van der Waals surface area contributed by atoms with Crippen LogP contribution in [0.3, 0.4) is 0 Å². The van der Waals surface area contributed by atoms with E-state index in [0.29, 0.717) is 18.3 Å². The minimum absolute atomic E-state index is 0.231. The third-order valence-corrected chi connectivity index (χ3v) is 4.15. The first kappa shape index (κ1) is 19.1. The number of rotatable bonds is 8. The van der Waals surface area contributed by atoms with Crippen molar-refractivity contribution in [3.05, 3.63) is 71.2 Å². The van der Waals surface area contributed by atoms with E-state index < -0.39 is 0 Å². The standard InChI is InChI=1S/C22H21N3O3/c1-26-18-10-7-16(8-11-18)13-14-24-22-19(15-23)25-21(28-22)12-9-17-5-3-4-6-20(17)27-2/h3-12,24H,13-14H2,1-2H3/b12-9+. The first-order valence-corrected chi connectivity index (χ1v) is 8.82. The molecule has 28 heavy (non-hydrogen) atoms. The average Bonchev–Trinajstić information content (AvgIpc) is 3.15. The summed E-state index contributed by atoms with van der Waals surface area (Å²) in [7, 11) is 3.26. The van der Waals surface area contributed by atoms with Crippen LogP contribution in [-0.2, 0) is 6.42 Å². The zero-order chi connectivity index (χ0) is 19.8. The second kappa shape index (κ2) is 9.28. The van der Waals surface area contributed by atoms with Crippen LogP contribution in [0, 0.1) is 11.3 Å². The second-order valence-corrected chi connectivity index (χ2v) is 5.94. The Bertz CT molecular complexity index is 985. The molecule has 0 fully saturated rings. The Hall–Kier alpha value is -3.72. The summed E-state index contributed by atoms with van der Waals surface area (Å²) < 4.78 is 16.2. The molecule has 1 aromatic heterocycles. The molecule has 0 amide bonds. The number of ether oxygens (including phenoxy) is 2. The van der Waals surface area contributed by atoms with E-state index in [1.807, 2.05) is 54.6 Å². The fourth-order valence-electron chi connectivity index (χ4n) is 2.68. The van der Waals surface area contributed by atoms with Crippen LogP contribution >= 0.6 is 0 Å². The van der Waals surface area contributed by atoms with Crippen molar-refractivity contribution in [1.82, 2.24) is 4.98 Å². The van der Waals surface area contributed by atoms with Crippen LogP contribution in [-0.4, -0.2) is 25.7 Å². The van der Waals surface area contributed by atoms with Gasteiger partial charge in [-0.3, -0.25) is 0 Å². The lowest BCUT2D eigenvalue weighted by atomic mass is 10.1. The molecule has 3 aromatic rings. The summed E-state index contributed by atoms with van der Waals surface area (Å²) in [4.78, 5) is 4.21. The molecular weight excluding hydrogens is 354 g/mol. The van der Waals surface area contributed by atoms with E-state index in [2.05, 4.69) is 16.4 Å². The molecule has 0 aliphatic heterocycles. The van der Waals surface area contributed by atoms with Crippen LogP contribution in [0.5, 0.6) is 11.5 Å². The Kier molecular flexibility index (Phi) is 6.32.